The van der Waals surface area contributed by atoms with Crippen molar-refractivity contribution < 1.29 is 8.42 Å². The number of hydrogen-bond donors (Lipinski definition) is 1. The van der Waals surface area contributed by atoms with E-state index in [1.54, 1.807) is 4.57 Å². The zero-order chi connectivity index (χ0) is 12.6. The average Bonchev–Trinajstić information content (AvgIpc) is 2.95. The van der Waals surface area contributed by atoms with Crippen molar-refractivity contribution in [2.24, 2.45) is 5.14 Å². The molecule has 1 aromatic heterocycles. The van der Waals surface area contributed by atoms with Crippen LogP contribution in [0.3, 0.4) is 0 Å². The number of rotatable bonds is 5. The summed E-state index contributed by atoms with van der Waals surface area (Å²) in [4.78, 5) is 0. The van der Waals surface area contributed by atoms with Gasteiger partial charge in [-0.05, 0) is 19.3 Å². The van der Waals surface area contributed by atoms with Gasteiger partial charge in [0, 0.05) is 12.0 Å². The van der Waals surface area contributed by atoms with Gasteiger partial charge in [-0.3, -0.25) is 4.57 Å². The Morgan fingerprint density at radius 1 is 1.47 bits per heavy atom. The van der Waals surface area contributed by atoms with Gasteiger partial charge >= 0.3 is 0 Å². The minimum absolute atomic E-state index is 0.0852. The SMILES string of the molecule is CCCC(C)c1nnc(S(N)(=O)=O)n1C1CC1. The predicted molar refractivity (Wildman–Crippen MR) is 63.0 cm³/mol. The molecule has 0 bridgehead atoms. The van der Waals surface area contributed by atoms with Crippen LogP contribution in [-0.4, -0.2) is 23.2 Å². The Kier molecular flexibility index (Phi) is 3.22. The summed E-state index contributed by atoms with van der Waals surface area (Å²) in [7, 11) is -3.78. The maximum absolute atomic E-state index is 11.4. The van der Waals surface area contributed by atoms with Gasteiger partial charge in [0.15, 0.2) is 0 Å². The third-order valence-corrected chi connectivity index (χ3v) is 3.81. The molecule has 7 heteroatoms. The van der Waals surface area contributed by atoms with Gasteiger partial charge in [-0.2, -0.15) is 0 Å². The van der Waals surface area contributed by atoms with Crippen LogP contribution in [0.4, 0.5) is 0 Å². The fourth-order valence-corrected chi connectivity index (χ4v) is 2.73. The lowest BCUT2D eigenvalue weighted by Crippen LogP contribution is -2.19. The number of hydrogen-bond acceptors (Lipinski definition) is 4. The van der Waals surface area contributed by atoms with Gasteiger partial charge in [0.05, 0.1) is 0 Å². The first-order chi connectivity index (χ1) is 7.95. The van der Waals surface area contributed by atoms with Crippen molar-refractivity contribution >= 4 is 10.0 Å². The fraction of sp³-hybridized carbons (Fsp3) is 0.800. The summed E-state index contributed by atoms with van der Waals surface area (Å²) in [5.41, 5.74) is 0. The number of sulfonamides is 1. The Bertz CT molecular complexity index is 504. The van der Waals surface area contributed by atoms with E-state index < -0.39 is 10.0 Å². The molecule has 1 saturated carbocycles. The summed E-state index contributed by atoms with van der Waals surface area (Å²) >= 11 is 0. The van der Waals surface area contributed by atoms with Gasteiger partial charge in [0.25, 0.3) is 15.2 Å². The van der Waals surface area contributed by atoms with Gasteiger partial charge in [-0.25, -0.2) is 13.6 Å². The molecule has 0 saturated heterocycles. The molecule has 0 amide bonds. The Morgan fingerprint density at radius 2 is 2.12 bits per heavy atom. The van der Waals surface area contributed by atoms with Crippen LogP contribution in [-0.2, 0) is 10.0 Å². The molecule has 0 spiro atoms. The molecule has 1 fully saturated rings. The molecule has 2 rings (SSSR count). The predicted octanol–water partition coefficient (Wildman–Crippen LogP) is 1.16. The molecular weight excluding hydrogens is 240 g/mol. The molecule has 1 aromatic rings. The normalized spacial score (nSPS) is 18.3. The second-order valence-corrected chi connectivity index (χ2v) is 6.13. The highest BCUT2D eigenvalue weighted by Gasteiger charge is 2.34. The summed E-state index contributed by atoms with van der Waals surface area (Å²) in [5, 5.41) is 12.8. The maximum Gasteiger partial charge on any atom is 0.273 e. The third kappa shape index (κ3) is 2.50. The van der Waals surface area contributed by atoms with Crippen molar-refractivity contribution in [2.75, 3.05) is 0 Å². The van der Waals surface area contributed by atoms with Crippen LogP contribution in [0.2, 0.25) is 0 Å². The van der Waals surface area contributed by atoms with Gasteiger partial charge in [0.2, 0.25) is 0 Å². The molecule has 1 unspecified atom stereocenters. The highest BCUT2D eigenvalue weighted by Crippen LogP contribution is 2.39. The largest absolute Gasteiger partial charge is 0.297 e. The minimum Gasteiger partial charge on any atom is -0.297 e. The van der Waals surface area contributed by atoms with E-state index in [9.17, 15) is 8.42 Å². The first-order valence-corrected chi connectivity index (χ1v) is 7.47. The molecule has 96 valence electrons. The zero-order valence-electron chi connectivity index (χ0n) is 10.1. The summed E-state index contributed by atoms with van der Waals surface area (Å²) in [5.74, 6) is 0.960. The van der Waals surface area contributed by atoms with Crippen LogP contribution >= 0.6 is 0 Å². The van der Waals surface area contributed by atoms with E-state index in [4.69, 9.17) is 5.14 Å². The van der Waals surface area contributed by atoms with E-state index >= 15 is 0 Å². The lowest BCUT2D eigenvalue weighted by molar-refractivity contribution is 0.533. The molecule has 17 heavy (non-hydrogen) atoms. The molecule has 6 nitrogen and oxygen atoms in total. The van der Waals surface area contributed by atoms with Crippen molar-refractivity contribution in [3.05, 3.63) is 5.82 Å². The minimum atomic E-state index is -3.78. The fourth-order valence-electron chi connectivity index (χ4n) is 2.06. The second kappa shape index (κ2) is 4.38. The van der Waals surface area contributed by atoms with Crippen molar-refractivity contribution in [3.63, 3.8) is 0 Å². The van der Waals surface area contributed by atoms with Gasteiger partial charge in [-0.1, -0.05) is 20.3 Å². The summed E-state index contributed by atoms with van der Waals surface area (Å²) in [6.07, 6.45) is 3.96. The lowest BCUT2D eigenvalue weighted by atomic mass is 10.1. The Balaban J connectivity index is 2.44. The number of aromatic nitrogens is 3. The highest BCUT2D eigenvalue weighted by molar-refractivity contribution is 7.89. The third-order valence-electron chi connectivity index (χ3n) is 3.02. The van der Waals surface area contributed by atoms with E-state index in [1.165, 1.54) is 0 Å². The summed E-state index contributed by atoms with van der Waals surface area (Å²) < 4.78 is 24.6. The average molecular weight is 258 g/mol. The van der Waals surface area contributed by atoms with E-state index in [2.05, 4.69) is 17.1 Å². The highest BCUT2D eigenvalue weighted by atomic mass is 32.2. The summed E-state index contributed by atoms with van der Waals surface area (Å²) in [6, 6.07) is 0.215. The Hall–Kier alpha value is -0.950. The quantitative estimate of drug-likeness (QED) is 0.858. The molecule has 0 radical (unpaired) electrons. The van der Waals surface area contributed by atoms with Crippen LogP contribution in [0.1, 0.15) is 57.3 Å². The molecule has 1 atom stereocenters. The molecule has 1 heterocycles. The van der Waals surface area contributed by atoms with Crippen molar-refractivity contribution in [1.82, 2.24) is 14.8 Å². The van der Waals surface area contributed by atoms with Gasteiger partial charge < -0.3 is 0 Å². The number of nitrogens with zero attached hydrogens (tertiary/aromatic N) is 3. The first kappa shape index (κ1) is 12.5. The molecule has 1 aliphatic rings. The van der Waals surface area contributed by atoms with Crippen LogP contribution < -0.4 is 5.14 Å². The van der Waals surface area contributed by atoms with E-state index in [0.717, 1.165) is 31.5 Å². The van der Waals surface area contributed by atoms with Crippen molar-refractivity contribution in [2.45, 2.75) is 56.6 Å². The number of nitrogens with two attached hydrogens (primary N) is 1. The van der Waals surface area contributed by atoms with Crippen LogP contribution in [0, 0.1) is 0 Å². The first-order valence-electron chi connectivity index (χ1n) is 5.92. The van der Waals surface area contributed by atoms with E-state index in [-0.39, 0.29) is 17.1 Å². The maximum atomic E-state index is 11.4. The van der Waals surface area contributed by atoms with Gasteiger partial charge in [0.1, 0.15) is 5.82 Å². The van der Waals surface area contributed by atoms with Crippen LogP contribution in [0.25, 0.3) is 0 Å². The van der Waals surface area contributed by atoms with Crippen LogP contribution in [0.5, 0.6) is 0 Å². The molecule has 0 aliphatic heterocycles. The molecule has 2 N–H and O–H groups in total. The molecule has 0 aromatic carbocycles. The molecular formula is C10H18N4O2S. The Morgan fingerprint density at radius 3 is 2.59 bits per heavy atom. The zero-order valence-corrected chi connectivity index (χ0v) is 10.9. The van der Waals surface area contributed by atoms with Crippen molar-refractivity contribution in [3.8, 4) is 0 Å². The second-order valence-electron chi connectivity index (χ2n) is 4.68. The standard InChI is InChI=1S/C10H18N4O2S/c1-3-4-7(2)9-12-13-10(17(11,15)16)14(9)8-5-6-8/h7-8H,3-6H2,1-2H3,(H2,11,15,16). The smallest absolute Gasteiger partial charge is 0.273 e. The monoisotopic (exact) mass is 258 g/mol. The topological polar surface area (TPSA) is 90.9 Å². The van der Waals surface area contributed by atoms with E-state index in [0.29, 0.717) is 0 Å². The Labute approximate surface area is 101 Å². The molecule has 1 aliphatic carbocycles. The van der Waals surface area contributed by atoms with E-state index in [1.807, 2.05) is 6.92 Å². The van der Waals surface area contributed by atoms with Crippen molar-refractivity contribution in [1.29, 1.82) is 0 Å². The van der Waals surface area contributed by atoms with Crippen LogP contribution in [0.15, 0.2) is 5.16 Å². The summed E-state index contributed by atoms with van der Waals surface area (Å²) in [6.45, 7) is 4.13. The lowest BCUT2D eigenvalue weighted by Gasteiger charge is -2.12. The van der Waals surface area contributed by atoms with Gasteiger partial charge in [-0.15, -0.1) is 10.2 Å². The number of primary sulfonamides is 1.